The van der Waals surface area contributed by atoms with Crippen LogP contribution in [0.3, 0.4) is 0 Å². The normalized spacial score (nSPS) is 23.5. The fourth-order valence-electron chi connectivity index (χ4n) is 4.02. The van der Waals surface area contributed by atoms with Gasteiger partial charge in [-0.15, -0.1) is 0 Å². The number of carbonyl (C=O) groups is 1. The summed E-state index contributed by atoms with van der Waals surface area (Å²) < 4.78 is 5.21. The van der Waals surface area contributed by atoms with Gasteiger partial charge in [0, 0.05) is 38.8 Å². The Morgan fingerprint density at radius 2 is 1.96 bits per heavy atom. The Morgan fingerprint density at radius 1 is 1.19 bits per heavy atom. The second-order valence-electron chi connectivity index (χ2n) is 7.85. The van der Waals surface area contributed by atoms with Crippen molar-refractivity contribution in [1.29, 1.82) is 0 Å². The molecule has 1 N–H and O–H groups in total. The minimum Gasteiger partial charge on any atom is -0.482 e. The molecule has 3 heterocycles. The molecule has 4 rings (SSSR count). The van der Waals surface area contributed by atoms with E-state index < -0.39 is 5.97 Å². The molecule has 0 aliphatic carbocycles. The topological polar surface area (TPSA) is 53.0 Å². The van der Waals surface area contributed by atoms with Crippen molar-refractivity contribution in [3.8, 4) is 5.75 Å². The van der Waals surface area contributed by atoms with Gasteiger partial charge in [0.1, 0.15) is 5.75 Å². The molecule has 0 spiro atoms. The predicted molar refractivity (Wildman–Crippen MR) is 102 cm³/mol. The minimum absolute atomic E-state index is 0.295. The molecule has 142 valence electrons. The van der Waals surface area contributed by atoms with E-state index in [1.807, 2.05) is 24.3 Å². The average molecular weight is 358 g/mol. The largest absolute Gasteiger partial charge is 0.482 e. The third-order valence-corrected chi connectivity index (χ3v) is 5.33. The monoisotopic (exact) mass is 358 g/mol. The molecule has 1 aromatic rings. The van der Waals surface area contributed by atoms with Crippen molar-refractivity contribution in [2.75, 3.05) is 32.8 Å². The maximum Gasteiger partial charge on any atom is 0.341 e. The van der Waals surface area contributed by atoms with Crippen LogP contribution in [0.2, 0.25) is 0 Å². The lowest BCUT2D eigenvalue weighted by Gasteiger charge is -2.35. The number of hydrogen-bond donors (Lipinski definition) is 1. The second kappa shape index (κ2) is 8.69. The zero-order valence-electron chi connectivity index (χ0n) is 15.9. The quantitative estimate of drug-likeness (QED) is 0.760. The number of aliphatic carboxylic acids is 1. The number of allylic oxidation sites excluding steroid dienone is 1. The molecular formula is C21H30N2O3. The van der Waals surface area contributed by atoms with E-state index in [9.17, 15) is 4.79 Å². The second-order valence-corrected chi connectivity index (χ2v) is 7.85. The smallest absolute Gasteiger partial charge is 0.341 e. The molecule has 0 radical (unpaired) electrons. The van der Waals surface area contributed by atoms with Crippen molar-refractivity contribution in [3.63, 3.8) is 0 Å². The van der Waals surface area contributed by atoms with E-state index in [1.54, 1.807) is 0 Å². The molecule has 1 aromatic carbocycles. The fraction of sp³-hybridized carbons (Fsp3) is 0.571. The summed E-state index contributed by atoms with van der Waals surface area (Å²) in [6.07, 6.45) is 5.00. The maximum absolute atomic E-state index is 10.6. The first kappa shape index (κ1) is 18.9. The van der Waals surface area contributed by atoms with E-state index in [1.165, 1.54) is 37.1 Å². The Hall–Kier alpha value is -1.85. The molecular weight excluding hydrogens is 328 g/mol. The molecule has 2 atom stereocenters. The van der Waals surface area contributed by atoms with E-state index in [0.717, 1.165) is 25.6 Å². The van der Waals surface area contributed by atoms with Crippen LogP contribution in [-0.4, -0.2) is 59.7 Å². The van der Waals surface area contributed by atoms with Crippen LogP contribution in [0.25, 0.3) is 0 Å². The van der Waals surface area contributed by atoms with E-state index in [-0.39, 0.29) is 6.61 Å². The summed E-state index contributed by atoms with van der Waals surface area (Å²) in [7, 11) is 0. The minimum atomic E-state index is -0.952. The summed E-state index contributed by atoms with van der Waals surface area (Å²) in [5, 5.41) is 8.68. The number of hydrogen-bond acceptors (Lipinski definition) is 4. The molecule has 5 nitrogen and oxygen atoms in total. The molecule has 3 aliphatic rings. The maximum atomic E-state index is 10.6. The SMILES string of the molecule is CC(C)=CCN1C[C@@H]2CC[C@H]1CN(Cc1ccc(OCC(=O)O)cc1)C2. The van der Waals surface area contributed by atoms with Crippen molar-refractivity contribution >= 4 is 5.97 Å². The van der Waals surface area contributed by atoms with Gasteiger partial charge in [-0.25, -0.2) is 4.79 Å². The number of benzene rings is 1. The van der Waals surface area contributed by atoms with Crippen molar-refractivity contribution in [2.45, 2.75) is 39.3 Å². The summed E-state index contributed by atoms with van der Waals surface area (Å²) in [6.45, 7) is 9.58. The molecule has 0 aromatic heterocycles. The van der Waals surface area contributed by atoms with Crippen molar-refractivity contribution < 1.29 is 14.6 Å². The molecule has 0 saturated carbocycles. The number of nitrogens with zero attached hydrogens (tertiary/aromatic N) is 2. The number of carboxylic acids is 1. The number of ether oxygens (including phenoxy) is 1. The molecule has 0 amide bonds. The standard InChI is InChI=1S/C21H30N2O3/c1-16(2)9-10-23-13-18-3-6-19(23)14-22(12-18)11-17-4-7-20(8-5-17)26-15-21(24)25/h4-5,7-9,18-19H,3,6,10-15H2,1-2H3,(H,24,25)/t18-,19+/m1/s1. The van der Waals surface area contributed by atoms with Gasteiger partial charge in [0.25, 0.3) is 0 Å². The van der Waals surface area contributed by atoms with E-state index >= 15 is 0 Å². The van der Waals surface area contributed by atoms with Gasteiger partial charge in [-0.2, -0.15) is 0 Å². The first-order valence-electron chi connectivity index (χ1n) is 9.53. The Balaban J connectivity index is 1.57. The third-order valence-electron chi connectivity index (χ3n) is 5.33. The third kappa shape index (κ3) is 5.32. The van der Waals surface area contributed by atoms with E-state index in [4.69, 9.17) is 9.84 Å². The van der Waals surface area contributed by atoms with Crippen LogP contribution < -0.4 is 4.74 Å². The summed E-state index contributed by atoms with van der Waals surface area (Å²) in [4.78, 5) is 15.8. The van der Waals surface area contributed by atoms with Gasteiger partial charge >= 0.3 is 5.97 Å². The summed E-state index contributed by atoms with van der Waals surface area (Å²) in [5.41, 5.74) is 2.65. The van der Waals surface area contributed by atoms with Crippen LogP contribution in [0.4, 0.5) is 0 Å². The lowest BCUT2D eigenvalue weighted by molar-refractivity contribution is -0.139. The van der Waals surface area contributed by atoms with Crippen molar-refractivity contribution in [1.82, 2.24) is 9.80 Å². The van der Waals surface area contributed by atoms with Crippen LogP contribution in [0.15, 0.2) is 35.9 Å². The fourth-order valence-corrected chi connectivity index (χ4v) is 4.02. The van der Waals surface area contributed by atoms with Crippen molar-refractivity contribution in [3.05, 3.63) is 41.5 Å². The van der Waals surface area contributed by atoms with E-state index in [0.29, 0.717) is 11.8 Å². The molecule has 2 bridgehead atoms. The van der Waals surface area contributed by atoms with Crippen LogP contribution >= 0.6 is 0 Å². The molecule has 3 saturated heterocycles. The summed E-state index contributed by atoms with van der Waals surface area (Å²) in [5.74, 6) is 0.421. The van der Waals surface area contributed by atoms with Crippen LogP contribution in [0.1, 0.15) is 32.3 Å². The summed E-state index contributed by atoms with van der Waals surface area (Å²) in [6, 6.07) is 8.48. The van der Waals surface area contributed by atoms with Crippen LogP contribution in [0, 0.1) is 5.92 Å². The van der Waals surface area contributed by atoms with Gasteiger partial charge in [-0.05, 0) is 50.3 Å². The highest BCUT2D eigenvalue weighted by molar-refractivity contribution is 5.68. The summed E-state index contributed by atoms with van der Waals surface area (Å²) >= 11 is 0. The van der Waals surface area contributed by atoms with Gasteiger partial charge in [0.2, 0.25) is 0 Å². The first-order valence-corrected chi connectivity index (χ1v) is 9.53. The molecule has 3 aliphatic heterocycles. The number of carboxylic acid groups (broad SMARTS) is 1. The molecule has 5 heteroatoms. The zero-order chi connectivity index (χ0) is 18.5. The van der Waals surface area contributed by atoms with Gasteiger partial charge in [0.05, 0.1) is 0 Å². The van der Waals surface area contributed by atoms with Crippen LogP contribution in [-0.2, 0) is 11.3 Å². The Labute approximate surface area is 156 Å². The molecule has 26 heavy (non-hydrogen) atoms. The van der Waals surface area contributed by atoms with E-state index in [2.05, 4.69) is 29.7 Å². The average Bonchev–Trinajstić information content (AvgIpc) is 2.89. The molecule has 0 unspecified atom stereocenters. The lowest BCUT2D eigenvalue weighted by atomic mass is 9.95. The Kier molecular flexibility index (Phi) is 6.33. The van der Waals surface area contributed by atoms with Gasteiger partial charge in [-0.3, -0.25) is 9.80 Å². The first-order chi connectivity index (χ1) is 12.5. The van der Waals surface area contributed by atoms with Crippen LogP contribution in [0.5, 0.6) is 5.75 Å². The number of rotatable bonds is 7. The Bertz CT molecular complexity index is 637. The highest BCUT2D eigenvalue weighted by Crippen LogP contribution is 2.29. The molecule has 3 fully saturated rings. The number of fused-ring (bicyclic) bond motifs is 4. The van der Waals surface area contributed by atoms with Gasteiger partial charge in [0.15, 0.2) is 6.61 Å². The highest BCUT2D eigenvalue weighted by Gasteiger charge is 2.34. The van der Waals surface area contributed by atoms with Crippen molar-refractivity contribution in [2.24, 2.45) is 5.92 Å². The van der Waals surface area contributed by atoms with Gasteiger partial charge in [-0.1, -0.05) is 23.8 Å². The van der Waals surface area contributed by atoms with Gasteiger partial charge < -0.3 is 9.84 Å². The Morgan fingerprint density at radius 3 is 2.65 bits per heavy atom. The zero-order valence-corrected chi connectivity index (χ0v) is 15.9. The highest BCUT2D eigenvalue weighted by atomic mass is 16.5. The number of piperidine rings is 1. The predicted octanol–water partition coefficient (Wildman–Crippen LogP) is 3.01. The lowest BCUT2D eigenvalue weighted by Crippen LogP contribution is -2.43.